The van der Waals surface area contributed by atoms with Crippen molar-refractivity contribution in [3.8, 4) is 0 Å². The van der Waals surface area contributed by atoms with Crippen molar-refractivity contribution < 1.29 is 0 Å². The van der Waals surface area contributed by atoms with Gasteiger partial charge in [-0.05, 0) is 30.9 Å². The maximum atomic E-state index is 6.02. The molecule has 1 fully saturated rings. The number of rotatable bonds is 1. The Balaban J connectivity index is 2.18. The third-order valence-corrected chi connectivity index (χ3v) is 3.49. The van der Waals surface area contributed by atoms with Crippen molar-refractivity contribution >= 4 is 40.1 Å². The minimum Gasteiger partial charge on any atom is -0.355 e. The largest absolute Gasteiger partial charge is 0.355 e. The van der Waals surface area contributed by atoms with Crippen LogP contribution in [0.4, 0.5) is 5.82 Å². The third-order valence-electron chi connectivity index (χ3n) is 3.05. The molecule has 0 radical (unpaired) electrons. The van der Waals surface area contributed by atoms with Crippen LogP contribution in [0.15, 0.2) is 6.33 Å². The van der Waals surface area contributed by atoms with Crippen LogP contribution < -0.4 is 4.90 Å². The second kappa shape index (κ2) is 4.82. The van der Waals surface area contributed by atoms with Gasteiger partial charge in [-0.2, -0.15) is 4.98 Å². The second-order valence-electron chi connectivity index (χ2n) is 4.23. The van der Waals surface area contributed by atoms with Crippen LogP contribution in [0.3, 0.4) is 0 Å². The third kappa shape index (κ3) is 2.08. The van der Waals surface area contributed by atoms with Crippen LogP contribution >= 0.6 is 23.2 Å². The molecule has 3 rings (SSSR count). The van der Waals surface area contributed by atoms with E-state index in [9.17, 15) is 0 Å². The lowest BCUT2D eigenvalue weighted by Crippen LogP contribution is -2.30. The first-order chi connectivity index (χ1) is 8.75. The smallest absolute Gasteiger partial charge is 0.225 e. The van der Waals surface area contributed by atoms with Crippen LogP contribution in [-0.2, 0) is 0 Å². The summed E-state index contributed by atoms with van der Waals surface area (Å²) in [6, 6.07) is 0. The molecule has 0 atom stereocenters. The summed E-state index contributed by atoms with van der Waals surface area (Å²) < 4.78 is 0. The molecular weight excluding hydrogens is 273 g/mol. The molecule has 2 aromatic rings. The molecule has 7 heteroatoms. The maximum absolute atomic E-state index is 6.02. The molecular formula is C11H11Cl2N5. The SMILES string of the molecule is Clc1nc(N2CCCCC2)c2ncnc(Cl)c2n1. The van der Waals surface area contributed by atoms with E-state index in [1.807, 2.05) is 0 Å². The summed E-state index contributed by atoms with van der Waals surface area (Å²) in [4.78, 5) is 18.7. The summed E-state index contributed by atoms with van der Waals surface area (Å²) in [6.45, 7) is 1.92. The highest BCUT2D eigenvalue weighted by Gasteiger charge is 2.18. The van der Waals surface area contributed by atoms with Crippen molar-refractivity contribution in [2.24, 2.45) is 0 Å². The van der Waals surface area contributed by atoms with Gasteiger partial charge in [0.25, 0.3) is 0 Å². The summed E-state index contributed by atoms with van der Waals surface area (Å²) in [7, 11) is 0. The Labute approximate surface area is 114 Å². The van der Waals surface area contributed by atoms with Gasteiger partial charge in [0.1, 0.15) is 17.4 Å². The summed E-state index contributed by atoms with van der Waals surface area (Å²) in [5.41, 5.74) is 1.18. The lowest BCUT2D eigenvalue weighted by atomic mass is 10.1. The monoisotopic (exact) mass is 283 g/mol. The molecule has 1 saturated heterocycles. The number of fused-ring (bicyclic) bond motifs is 1. The van der Waals surface area contributed by atoms with Crippen molar-refractivity contribution in [1.29, 1.82) is 0 Å². The molecule has 0 N–H and O–H groups in total. The van der Waals surface area contributed by atoms with Crippen molar-refractivity contribution in [2.45, 2.75) is 19.3 Å². The topological polar surface area (TPSA) is 54.8 Å². The Morgan fingerprint density at radius 1 is 0.944 bits per heavy atom. The standard InChI is InChI=1S/C11H11Cl2N5/c12-9-7-8(14-6-15-9)10(17-11(13)16-7)18-4-2-1-3-5-18/h6H,1-5H2. The van der Waals surface area contributed by atoms with Crippen LogP contribution in [0, 0.1) is 0 Å². The van der Waals surface area contributed by atoms with E-state index in [2.05, 4.69) is 24.8 Å². The Bertz CT molecular complexity index is 583. The summed E-state index contributed by atoms with van der Waals surface area (Å²) >= 11 is 12.0. The fourth-order valence-corrected chi connectivity index (χ4v) is 2.54. The highest BCUT2D eigenvalue weighted by Crippen LogP contribution is 2.28. The molecule has 2 aromatic heterocycles. The van der Waals surface area contributed by atoms with Gasteiger partial charge in [0, 0.05) is 13.1 Å². The second-order valence-corrected chi connectivity index (χ2v) is 4.92. The summed E-state index contributed by atoms with van der Waals surface area (Å²) in [5.74, 6) is 0.758. The predicted octanol–water partition coefficient (Wildman–Crippen LogP) is 2.72. The van der Waals surface area contributed by atoms with Crippen LogP contribution in [0.25, 0.3) is 11.0 Å². The summed E-state index contributed by atoms with van der Waals surface area (Å²) in [6.07, 6.45) is 4.99. The fraction of sp³-hybridized carbons (Fsp3) is 0.455. The van der Waals surface area contributed by atoms with Crippen molar-refractivity contribution in [1.82, 2.24) is 19.9 Å². The molecule has 0 spiro atoms. The molecule has 0 saturated carbocycles. The van der Waals surface area contributed by atoms with Gasteiger partial charge in [0.2, 0.25) is 5.28 Å². The average Bonchev–Trinajstić information content (AvgIpc) is 2.40. The van der Waals surface area contributed by atoms with Crippen LogP contribution in [0.2, 0.25) is 10.4 Å². The molecule has 0 aromatic carbocycles. The number of hydrogen-bond acceptors (Lipinski definition) is 5. The van der Waals surface area contributed by atoms with E-state index in [0.29, 0.717) is 16.2 Å². The van der Waals surface area contributed by atoms with E-state index < -0.39 is 0 Å². The zero-order valence-corrected chi connectivity index (χ0v) is 11.1. The number of aromatic nitrogens is 4. The fourth-order valence-electron chi connectivity index (χ4n) is 2.20. The van der Waals surface area contributed by atoms with Crippen molar-refractivity contribution in [2.75, 3.05) is 18.0 Å². The molecule has 1 aliphatic rings. The molecule has 1 aliphatic heterocycles. The Morgan fingerprint density at radius 2 is 1.72 bits per heavy atom. The lowest BCUT2D eigenvalue weighted by molar-refractivity contribution is 0.574. The quantitative estimate of drug-likeness (QED) is 0.595. The molecule has 3 heterocycles. The van der Waals surface area contributed by atoms with Gasteiger partial charge in [-0.25, -0.2) is 15.0 Å². The first-order valence-electron chi connectivity index (χ1n) is 5.84. The van der Waals surface area contributed by atoms with E-state index in [1.165, 1.54) is 12.7 Å². The molecule has 0 aliphatic carbocycles. The van der Waals surface area contributed by atoms with Gasteiger partial charge in [0.05, 0.1) is 0 Å². The number of nitrogens with zero attached hydrogens (tertiary/aromatic N) is 5. The maximum Gasteiger partial charge on any atom is 0.225 e. The molecule has 5 nitrogen and oxygen atoms in total. The van der Waals surface area contributed by atoms with Crippen molar-refractivity contribution in [3.05, 3.63) is 16.8 Å². The van der Waals surface area contributed by atoms with Crippen molar-refractivity contribution in [3.63, 3.8) is 0 Å². The zero-order valence-electron chi connectivity index (χ0n) is 9.60. The first-order valence-corrected chi connectivity index (χ1v) is 6.60. The van der Waals surface area contributed by atoms with E-state index in [4.69, 9.17) is 23.2 Å². The van der Waals surface area contributed by atoms with Gasteiger partial charge in [-0.1, -0.05) is 11.6 Å². The van der Waals surface area contributed by atoms with Gasteiger partial charge in [-0.3, -0.25) is 0 Å². The molecule has 94 valence electrons. The van der Waals surface area contributed by atoms with E-state index >= 15 is 0 Å². The number of piperidine rings is 1. The number of halogens is 2. The Morgan fingerprint density at radius 3 is 2.50 bits per heavy atom. The Kier molecular flexibility index (Phi) is 3.18. The van der Waals surface area contributed by atoms with Gasteiger partial charge < -0.3 is 4.90 Å². The highest BCUT2D eigenvalue weighted by molar-refractivity contribution is 6.34. The molecule has 18 heavy (non-hydrogen) atoms. The van der Waals surface area contributed by atoms with Crippen LogP contribution in [0.5, 0.6) is 0 Å². The van der Waals surface area contributed by atoms with Crippen LogP contribution in [-0.4, -0.2) is 33.0 Å². The normalized spacial score (nSPS) is 16.2. The highest BCUT2D eigenvalue weighted by atomic mass is 35.5. The minimum absolute atomic E-state index is 0.180. The number of anilines is 1. The van der Waals surface area contributed by atoms with Gasteiger partial charge in [0.15, 0.2) is 11.0 Å². The van der Waals surface area contributed by atoms with Gasteiger partial charge in [-0.15, -0.1) is 0 Å². The van der Waals surface area contributed by atoms with Crippen LogP contribution in [0.1, 0.15) is 19.3 Å². The van der Waals surface area contributed by atoms with E-state index in [-0.39, 0.29) is 5.28 Å². The van der Waals surface area contributed by atoms with Gasteiger partial charge >= 0.3 is 0 Å². The zero-order chi connectivity index (χ0) is 12.5. The van der Waals surface area contributed by atoms with E-state index in [0.717, 1.165) is 31.7 Å². The predicted molar refractivity (Wildman–Crippen MR) is 71.2 cm³/mol. The van der Waals surface area contributed by atoms with E-state index in [1.54, 1.807) is 0 Å². The first kappa shape index (κ1) is 11.9. The average molecular weight is 284 g/mol. The summed E-state index contributed by atoms with van der Waals surface area (Å²) in [5, 5.41) is 0.488. The Hall–Kier alpha value is -1.20. The lowest BCUT2D eigenvalue weighted by Gasteiger charge is -2.28. The molecule has 0 unspecified atom stereocenters. The number of hydrogen-bond donors (Lipinski definition) is 0. The molecule has 0 bridgehead atoms. The minimum atomic E-state index is 0.180. The molecule has 0 amide bonds.